The molecule has 142 valence electrons. The van der Waals surface area contributed by atoms with Gasteiger partial charge in [0.1, 0.15) is 0 Å². The van der Waals surface area contributed by atoms with E-state index in [9.17, 15) is 8.42 Å². The van der Waals surface area contributed by atoms with Gasteiger partial charge in [-0.15, -0.1) is 11.3 Å². The van der Waals surface area contributed by atoms with Crippen LogP contribution in [0.4, 0.5) is 0 Å². The average Bonchev–Trinajstić information content (AvgIpc) is 3.18. The Kier molecular flexibility index (Phi) is 4.87. The largest absolute Gasteiger partial charge is 0.249 e. The lowest BCUT2D eigenvalue weighted by Gasteiger charge is -2.08. The first kappa shape index (κ1) is 18.4. The van der Waals surface area contributed by atoms with Gasteiger partial charge in [0.2, 0.25) is 0 Å². The molecule has 0 unspecified atom stereocenters. The quantitative estimate of drug-likeness (QED) is 0.330. The van der Waals surface area contributed by atoms with E-state index in [1.54, 1.807) is 11.3 Å². The average molecular weight is 433 g/mol. The molecule has 0 fully saturated rings. The number of hydrogen-bond donors (Lipinski definition) is 0. The zero-order valence-corrected chi connectivity index (χ0v) is 17.7. The first-order chi connectivity index (χ1) is 14.2. The van der Waals surface area contributed by atoms with E-state index in [-0.39, 0.29) is 0 Å². The van der Waals surface area contributed by atoms with Crippen LogP contribution >= 0.6 is 11.3 Å². The van der Waals surface area contributed by atoms with E-state index in [4.69, 9.17) is 0 Å². The molecule has 4 aromatic carbocycles. The Hall–Kier alpha value is -2.60. The Morgan fingerprint density at radius 1 is 0.483 bits per heavy atom. The fourth-order valence-corrected chi connectivity index (χ4v) is 7.26. The zero-order valence-electron chi connectivity index (χ0n) is 15.3. The molecule has 0 bridgehead atoms. The van der Waals surface area contributed by atoms with Gasteiger partial charge in [-0.3, -0.25) is 0 Å². The van der Waals surface area contributed by atoms with Crippen molar-refractivity contribution in [2.45, 2.75) is 19.6 Å². The van der Waals surface area contributed by atoms with E-state index in [1.807, 2.05) is 97.1 Å². The fourth-order valence-electron chi connectivity index (χ4n) is 3.45. The van der Waals surface area contributed by atoms with Crippen LogP contribution in [0.1, 0.15) is 0 Å². The third-order valence-corrected chi connectivity index (χ3v) is 8.76. The van der Waals surface area contributed by atoms with E-state index in [1.165, 1.54) is 0 Å². The van der Waals surface area contributed by atoms with Crippen LogP contribution in [0.15, 0.2) is 117 Å². The van der Waals surface area contributed by atoms with Crippen molar-refractivity contribution in [2.24, 2.45) is 0 Å². The summed E-state index contributed by atoms with van der Waals surface area (Å²) in [5.41, 5.74) is 0. The van der Waals surface area contributed by atoms with Crippen LogP contribution in [0.3, 0.4) is 0 Å². The summed E-state index contributed by atoms with van der Waals surface area (Å²) in [5.74, 6) is 0. The highest BCUT2D eigenvalue weighted by molar-refractivity contribution is 7.86. The minimum absolute atomic E-state index is 0.762. The molecule has 2 nitrogen and oxygen atoms in total. The third-order valence-electron chi connectivity index (χ3n) is 4.76. The Morgan fingerprint density at radius 2 is 0.897 bits per heavy atom. The molecule has 5 rings (SSSR count). The molecule has 0 saturated carbocycles. The SMILES string of the molecule is O=[S@@](c1ccccc1)c1cccc2sc3cccc([S@@](=O)c4ccccc4)c3c12. The van der Waals surface area contributed by atoms with Gasteiger partial charge in [0.25, 0.3) is 0 Å². The van der Waals surface area contributed by atoms with Crippen LogP contribution in [0, 0.1) is 0 Å². The molecule has 0 aliphatic carbocycles. The highest BCUT2D eigenvalue weighted by Crippen LogP contribution is 2.41. The molecule has 29 heavy (non-hydrogen) atoms. The number of hydrogen-bond acceptors (Lipinski definition) is 3. The number of rotatable bonds is 4. The monoisotopic (exact) mass is 432 g/mol. The molecule has 1 aromatic heterocycles. The lowest BCUT2D eigenvalue weighted by atomic mass is 10.1. The van der Waals surface area contributed by atoms with Gasteiger partial charge in [-0.1, -0.05) is 48.5 Å². The third kappa shape index (κ3) is 3.25. The van der Waals surface area contributed by atoms with Gasteiger partial charge in [0, 0.05) is 30.0 Å². The predicted octanol–water partition coefficient (Wildman–Crippen LogP) is 6.39. The maximum atomic E-state index is 13.4. The van der Waals surface area contributed by atoms with Gasteiger partial charge in [-0.25, -0.2) is 8.42 Å². The standard InChI is InChI=1S/C24H16O2S3/c25-28(17-9-3-1-4-10-17)21-15-7-13-19-23(21)24-20(27-19)14-8-16-22(24)29(26)18-11-5-2-6-12-18/h1-16H/t28-,29-/m0/s1. The highest BCUT2D eigenvalue weighted by atomic mass is 32.2. The summed E-state index contributed by atoms with van der Waals surface area (Å²) in [6, 6.07) is 30.8. The highest BCUT2D eigenvalue weighted by Gasteiger charge is 2.20. The summed E-state index contributed by atoms with van der Waals surface area (Å²) < 4.78 is 28.9. The Balaban J connectivity index is 1.79. The number of thiophene rings is 1. The molecule has 0 amide bonds. The molecule has 0 N–H and O–H groups in total. The second kappa shape index (κ2) is 7.67. The van der Waals surface area contributed by atoms with Crippen LogP contribution in [0.5, 0.6) is 0 Å². The molecule has 0 radical (unpaired) electrons. The molecule has 5 heteroatoms. The summed E-state index contributed by atoms with van der Waals surface area (Å²) in [4.78, 5) is 3.05. The van der Waals surface area contributed by atoms with Crippen molar-refractivity contribution in [1.29, 1.82) is 0 Å². The Morgan fingerprint density at radius 3 is 1.31 bits per heavy atom. The van der Waals surface area contributed by atoms with E-state index in [0.717, 1.165) is 39.8 Å². The first-order valence-electron chi connectivity index (χ1n) is 9.12. The minimum atomic E-state index is -1.31. The number of fused-ring (bicyclic) bond motifs is 3. The summed E-state index contributed by atoms with van der Waals surface area (Å²) in [6.45, 7) is 0. The van der Waals surface area contributed by atoms with Gasteiger partial charge in [-0.2, -0.15) is 0 Å². The van der Waals surface area contributed by atoms with Gasteiger partial charge in [0.05, 0.1) is 31.4 Å². The van der Waals surface area contributed by atoms with Crippen molar-refractivity contribution in [3.63, 3.8) is 0 Å². The molecular formula is C24H16O2S3. The van der Waals surface area contributed by atoms with Gasteiger partial charge < -0.3 is 0 Å². The van der Waals surface area contributed by atoms with E-state index >= 15 is 0 Å². The van der Waals surface area contributed by atoms with Crippen LogP contribution in [0.2, 0.25) is 0 Å². The van der Waals surface area contributed by atoms with Crippen LogP contribution in [-0.2, 0) is 21.6 Å². The first-order valence-corrected chi connectivity index (χ1v) is 12.2. The van der Waals surface area contributed by atoms with E-state index < -0.39 is 21.6 Å². The van der Waals surface area contributed by atoms with Gasteiger partial charge in [-0.05, 0) is 48.5 Å². The van der Waals surface area contributed by atoms with Crippen molar-refractivity contribution in [3.05, 3.63) is 97.1 Å². The second-order valence-electron chi connectivity index (χ2n) is 6.52. The molecule has 0 aliphatic rings. The molecular weight excluding hydrogens is 416 g/mol. The topological polar surface area (TPSA) is 34.1 Å². The molecule has 0 saturated heterocycles. The summed E-state index contributed by atoms with van der Waals surface area (Å²) in [5, 5.41) is 1.88. The summed E-state index contributed by atoms with van der Waals surface area (Å²) in [7, 11) is -2.63. The van der Waals surface area contributed by atoms with Crippen molar-refractivity contribution in [1.82, 2.24) is 0 Å². The van der Waals surface area contributed by atoms with Crippen LogP contribution < -0.4 is 0 Å². The van der Waals surface area contributed by atoms with E-state index in [2.05, 4.69) is 0 Å². The minimum Gasteiger partial charge on any atom is -0.249 e. The van der Waals surface area contributed by atoms with Gasteiger partial charge >= 0.3 is 0 Å². The summed E-state index contributed by atoms with van der Waals surface area (Å²) in [6.07, 6.45) is 0. The lowest BCUT2D eigenvalue weighted by Crippen LogP contribution is -1.96. The van der Waals surface area contributed by atoms with Crippen LogP contribution in [-0.4, -0.2) is 8.42 Å². The van der Waals surface area contributed by atoms with Crippen molar-refractivity contribution in [3.8, 4) is 0 Å². The maximum Gasteiger partial charge on any atom is 0.0856 e. The Bertz CT molecular complexity index is 1270. The fraction of sp³-hybridized carbons (Fsp3) is 0. The maximum absolute atomic E-state index is 13.4. The molecule has 5 aromatic rings. The molecule has 0 aliphatic heterocycles. The predicted molar refractivity (Wildman–Crippen MR) is 122 cm³/mol. The second-order valence-corrected chi connectivity index (χ2v) is 10.5. The Labute approximate surface area is 177 Å². The normalized spacial score (nSPS) is 13.5. The lowest BCUT2D eigenvalue weighted by molar-refractivity contribution is 0.682. The van der Waals surface area contributed by atoms with Crippen molar-refractivity contribution >= 4 is 53.1 Å². The molecule has 1 heterocycles. The molecule has 0 spiro atoms. The zero-order chi connectivity index (χ0) is 19.8. The van der Waals surface area contributed by atoms with Crippen molar-refractivity contribution < 1.29 is 8.42 Å². The van der Waals surface area contributed by atoms with Gasteiger partial charge in [0.15, 0.2) is 0 Å². The smallest absolute Gasteiger partial charge is 0.0856 e. The number of benzene rings is 4. The van der Waals surface area contributed by atoms with Crippen molar-refractivity contribution in [2.75, 3.05) is 0 Å². The molecule has 2 atom stereocenters. The van der Waals surface area contributed by atoms with E-state index in [0.29, 0.717) is 0 Å². The van der Waals surface area contributed by atoms with Crippen LogP contribution in [0.25, 0.3) is 20.2 Å². The summed E-state index contributed by atoms with van der Waals surface area (Å²) >= 11 is 1.65.